The van der Waals surface area contributed by atoms with Crippen LogP contribution in [0.4, 0.5) is 10.7 Å². The number of hydrogen-bond donors (Lipinski definition) is 1. The number of ether oxygens (including phenoxy) is 2. The van der Waals surface area contributed by atoms with Crippen molar-refractivity contribution in [2.24, 2.45) is 5.92 Å². The number of amides is 1. The fourth-order valence-corrected chi connectivity index (χ4v) is 5.77. The van der Waals surface area contributed by atoms with E-state index in [0.717, 1.165) is 50.8 Å². The van der Waals surface area contributed by atoms with E-state index in [-0.39, 0.29) is 11.1 Å². The van der Waals surface area contributed by atoms with E-state index in [2.05, 4.69) is 15.2 Å². The Hall–Kier alpha value is -3.25. The number of alkyl carbamates (subject to hydrolysis) is 1. The highest BCUT2D eigenvalue weighted by Crippen LogP contribution is 2.33. The summed E-state index contributed by atoms with van der Waals surface area (Å²) < 4.78 is 37.4. The number of nitrogens with one attached hydrogen (secondary N) is 1. The van der Waals surface area contributed by atoms with E-state index in [9.17, 15) is 13.2 Å². The number of sulfone groups is 1. The lowest BCUT2D eigenvalue weighted by molar-refractivity contribution is -0.0298. The largest absolute Gasteiger partial charge is 0.444 e. The van der Waals surface area contributed by atoms with E-state index >= 15 is 0 Å². The van der Waals surface area contributed by atoms with Crippen LogP contribution in [-0.2, 0) is 19.3 Å². The molecule has 12 heteroatoms. The first-order valence-corrected chi connectivity index (χ1v) is 15.8. The third-order valence-corrected chi connectivity index (χ3v) is 8.39. The van der Waals surface area contributed by atoms with Crippen molar-refractivity contribution < 1.29 is 22.7 Å². The first kappa shape index (κ1) is 28.3. The summed E-state index contributed by atoms with van der Waals surface area (Å²) >= 11 is 0. The first-order chi connectivity index (χ1) is 19.0. The number of rotatable bonds is 6. The summed E-state index contributed by atoms with van der Waals surface area (Å²) in [5.74, 6) is 0.933. The zero-order valence-electron chi connectivity index (χ0n) is 23.6. The van der Waals surface area contributed by atoms with Crippen LogP contribution in [0.25, 0.3) is 22.4 Å². The van der Waals surface area contributed by atoms with Gasteiger partial charge in [0, 0.05) is 38.1 Å². The zero-order valence-corrected chi connectivity index (χ0v) is 24.4. The van der Waals surface area contributed by atoms with Crippen molar-refractivity contribution in [3.8, 4) is 11.3 Å². The van der Waals surface area contributed by atoms with E-state index in [1.807, 2.05) is 25.3 Å². The van der Waals surface area contributed by atoms with Gasteiger partial charge in [-0.15, -0.1) is 0 Å². The molecule has 0 saturated carbocycles. The van der Waals surface area contributed by atoms with E-state index in [1.165, 1.54) is 6.26 Å². The summed E-state index contributed by atoms with van der Waals surface area (Å²) in [6, 6.07) is 6.74. The molecule has 3 aromatic rings. The summed E-state index contributed by atoms with van der Waals surface area (Å²) in [5, 5.41) is 2.89. The highest BCUT2D eigenvalue weighted by atomic mass is 32.2. The number of carbonyl (C=O) groups excluding carboxylic acids is 1. The molecule has 2 aromatic heterocycles. The third-order valence-electron chi connectivity index (χ3n) is 7.26. The van der Waals surface area contributed by atoms with E-state index in [1.54, 1.807) is 30.6 Å². The zero-order chi connectivity index (χ0) is 28.5. The molecule has 1 amide bonds. The van der Waals surface area contributed by atoms with Gasteiger partial charge in [0.25, 0.3) is 0 Å². The summed E-state index contributed by atoms with van der Waals surface area (Å²) in [7, 11) is -3.32. The molecule has 2 saturated heterocycles. The molecule has 1 N–H and O–H groups in total. The Balaban J connectivity index is 1.40. The molecule has 1 unspecified atom stereocenters. The minimum absolute atomic E-state index is 0.133. The smallest absolute Gasteiger partial charge is 0.407 e. The van der Waals surface area contributed by atoms with Gasteiger partial charge in [0.2, 0.25) is 5.95 Å². The number of imidazole rings is 1. The molecule has 2 fully saturated rings. The van der Waals surface area contributed by atoms with Crippen molar-refractivity contribution in [3.05, 3.63) is 30.6 Å². The first-order valence-electron chi connectivity index (χ1n) is 13.9. The Morgan fingerprint density at radius 3 is 2.45 bits per heavy atom. The summed E-state index contributed by atoms with van der Waals surface area (Å²) in [6.07, 6.45) is 7.19. The molecule has 216 valence electrons. The second-order valence-electron chi connectivity index (χ2n) is 11.6. The summed E-state index contributed by atoms with van der Waals surface area (Å²) in [4.78, 5) is 29.1. The second-order valence-corrected chi connectivity index (χ2v) is 13.6. The van der Waals surface area contributed by atoms with Gasteiger partial charge in [-0.2, -0.15) is 4.98 Å². The molecule has 2 aliphatic rings. The van der Waals surface area contributed by atoms with Crippen LogP contribution < -0.4 is 10.2 Å². The normalized spacial score (nSPS) is 19.1. The van der Waals surface area contributed by atoms with E-state index in [4.69, 9.17) is 19.4 Å². The number of benzene rings is 1. The van der Waals surface area contributed by atoms with Crippen LogP contribution in [0.15, 0.2) is 35.5 Å². The molecule has 5 rings (SSSR count). The van der Waals surface area contributed by atoms with Crippen LogP contribution in [0.5, 0.6) is 0 Å². The minimum atomic E-state index is -3.32. The quantitative estimate of drug-likeness (QED) is 0.460. The standard InChI is InChI=1S/C28H38N6O5S/c1-28(2,3)39-27(35)29-17-19-12-14-33(15-13-19)26-31-23(20-8-10-21(11-9-20)40(4,36)37)24-25(32-26)34(18-30-24)22-7-5-6-16-38-22/h8-11,18-19,22H,5-7,12-17H2,1-4H3,(H,29,35). The lowest BCUT2D eigenvalue weighted by atomic mass is 9.97. The number of piperidine rings is 1. The average molecular weight is 571 g/mol. The van der Waals surface area contributed by atoms with E-state index in [0.29, 0.717) is 41.9 Å². The molecule has 0 bridgehead atoms. The fourth-order valence-electron chi connectivity index (χ4n) is 5.14. The summed E-state index contributed by atoms with van der Waals surface area (Å²) in [6.45, 7) is 8.30. The lowest BCUT2D eigenvalue weighted by Crippen LogP contribution is -2.40. The maximum absolute atomic E-state index is 12.1. The van der Waals surface area contributed by atoms with Crippen LogP contribution in [0.1, 0.15) is 59.1 Å². The monoisotopic (exact) mass is 570 g/mol. The molecule has 0 aliphatic carbocycles. The van der Waals surface area contributed by atoms with Gasteiger partial charge >= 0.3 is 6.09 Å². The number of hydrogen-bond acceptors (Lipinski definition) is 9. The fraction of sp³-hybridized carbons (Fsp3) is 0.571. The molecule has 1 aromatic carbocycles. The van der Waals surface area contributed by atoms with Crippen LogP contribution in [0.2, 0.25) is 0 Å². The van der Waals surface area contributed by atoms with Gasteiger partial charge in [0.15, 0.2) is 15.5 Å². The van der Waals surface area contributed by atoms with Gasteiger partial charge in [-0.3, -0.25) is 4.57 Å². The molecular formula is C28H38N6O5S. The van der Waals surface area contributed by atoms with Gasteiger partial charge in [-0.1, -0.05) is 12.1 Å². The number of nitrogens with zero attached hydrogens (tertiary/aromatic N) is 5. The van der Waals surface area contributed by atoms with Crippen molar-refractivity contribution in [2.45, 2.75) is 69.6 Å². The molecule has 0 spiro atoms. The highest BCUT2D eigenvalue weighted by Gasteiger charge is 2.27. The Morgan fingerprint density at radius 2 is 1.82 bits per heavy atom. The summed E-state index contributed by atoms with van der Waals surface area (Å²) in [5.41, 5.74) is 2.26. The van der Waals surface area contributed by atoms with Crippen molar-refractivity contribution >= 4 is 33.0 Å². The lowest BCUT2D eigenvalue weighted by Gasteiger charge is -2.32. The van der Waals surface area contributed by atoms with Crippen LogP contribution in [0.3, 0.4) is 0 Å². The van der Waals surface area contributed by atoms with Crippen molar-refractivity contribution in [1.29, 1.82) is 0 Å². The van der Waals surface area contributed by atoms with Gasteiger partial charge in [-0.25, -0.2) is 23.2 Å². The van der Waals surface area contributed by atoms with Crippen molar-refractivity contribution in [2.75, 3.05) is 37.4 Å². The Labute approximate surface area is 235 Å². The minimum Gasteiger partial charge on any atom is -0.444 e. The van der Waals surface area contributed by atoms with Crippen LogP contribution in [-0.4, -0.2) is 72.1 Å². The van der Waals surface area contributed by atoms with E-state index < -0.39 is 21.5 Å². The Kier molecular flexibility index (Phi) is 8.01. The van der Waals surface area contributed by atoms with Crippen molar-refractivity contribution in [1.82, 2.24) is 24.8 Å². The topological polar surface area (TPSA) is 129 Å². The predicted octanol–water partition coefficient (Wildman–Crippen LogP) is 4.34. The van der Waals surface area contributed by atoms with Gasteiger partial charge in [0.05, 0.1) is 11.2 Å². The molecule has 40 heavy (non-hydrogen) atoms. The second kappa shape index (κ2) is 11.3. The number of anilines is 1. The highest BCUT2D eigenvalue weighted by molar-refractivity contribution is 7.90. The molecule has 0 radical (unpaired) electrons. The molecule has 2 aliphatic heterocycles. The third kappa shape index (κ3) is 6.55. The van der Waals surface area contributed by atoms with Crippen LogP contribution in [0, 0.1) is 5.92 Å². The average Bonchev–Trinajstić information content (AvgIpc) is 3.35. The molecular weight excluding hydrogens is 532 g/mol. The predicted molar refractivity (Wildman–Crippen MR) is 152 cm³/mol. The van der Waals surface area contributed by atoms with Crippen LogP contribution >= 0.6 is 0 Å². The van der Waals surface area contributed by atoms with Crippen molar-refractivity contribution in [3.63, 3.8) is 0 Å². The Bertz CT molecular complexity index is 1450. The maximum Gasteiger partial charge on any atom is 0.407 e. The van der Waals surface area contributed by atoms with Gasteiger partial charge in [0.1, 0.15) is 23.0 Å². The number of fused-ring (bicyclic) bond motifs is 1. The number of carbonyl (C=O) groups is 1. The molecule has 4 heterocycles. The van der Waals surface area contributed by atoms with Gasteiger partial charge in [-0.05, 0) is 70.9 Å². The van der Waals surface area contributed by atoms with Gasteiger partial charge < -0.3 is 19.7 Å². The maximum atomic E-state index is 12.1. The Morgan fingerprint density at radius 1 is 1.10 bits per heavy atom. The SMILES string of the molecule is CC(C)(C)OC(=O)NCC1CCN(c2nc(-c3ccc(S(C)(=O)=O)cc3)c3ncn(C4CCCCO4)c3n2)CC1. The molecule has 11 nitrogen and oxygen atoms in total. The molecule has 1 atom stereocenters. The number of aromatic nitrogens is 4.